The number of ketones is 1. The van der Waals surface area contributed by atoms with E-state index in [4.69, 9.17) is 4.74 Å². The van der Waals surface area contributed by atoms with Crippen LogP contribution in [-0.2, 0) is 9.59 Å². The van der Waals surface area contributed by atoms with Crippen LogP contribution in [0.1, 0.15) is 17.2 Å². The number of Topliss-reactive ketones (excluding diaryl/α,β-unsaturated/α-hetero) is 1. The highest BCUT2D eigenvalue weighted by atomic mass is 19.1. The molecule has 0 spiro atoms. The summed E-state index contributed by atoms with van der Waals surface area (Å²) in [5, 5.41) is 11.0. The molecule has 0 radical (unpaired) electrons. The molecule has 1 aromatic heterocycles. The predicted molar refractivity (Wildman–Crippen MR) is 108 cm³/mol. The molecule has 1 N–H and O–H groups in total. The first-order chi connectivity index (χ1) is 14.5. The summed E-state index contributed by atoms with van der Waals surface area (Å²) >= 11 is 0. The fourth-order valence-electron chi connectivity index (χ4n) is 3.48. The number of aromatic nitrogens is 1. The number of aliphatic hydroxyl groups is 1. The maximum absolute atomic E-state index is 13.9. The quantitative estimate of drug-likeness (QED) is 0.406. The van der Waals surface area contributed by atoms with Crippen LogP contribution in [0.5, 0.6) is 5.75 Å². The van der Waals surface area contributed by atoms with Crippen molar-refractivity contribution in [3.8, 4) is 5.75 Å². The topological polar surface area (TPSA) is 79.7 Å². The highest BCUT2D eigenvalue weighted by molar-refractivity contribution is 6.51. The second-order valence-corrected chi connectivity index (χ2v) is 6.66. The Kier molecular flexibility index (Phi) is 5.02. The first kappa shape index (κ1) is 19.3. The lowest BCUT2D eigenvalue weighted by molar-refractivity contribution is -0.132. The minimum absolute atomic E-state index is 0.0950. The molecular formula is C23H17FN2O4. The Morgan fingerprint density at radius 1 is 1.10 bits per heavy atom. The van der Waals surface area contributed by atoms with E-state index < -0.39 is 23.5 Å². The maximum atomic E-state index is 13.9. The van der Waals surface area contributed by atoms with Gasteiger partial charge in [0.05, 0.1) is 18.7 Å². The number of carbonyl (C=O) groups is 2. The van der Waals surface area contributed by atoms with Crippen molar-refractivity contribution in [3.05, 3.63) is 95.6 Å². The minimum atomic E-state index is -0.956. The van der Waals surface area contributed by atoms with Crippen LogP contribution < -0.4 is 9.64 Å². The zero-order valence-electron chi connectivity index (χ0n) is 15.9. The molecule has 1 unspecified atom stereocenters. The van der Waals surface area contributed by atoms with E-state index in [0.29, 0.717) is 16.9 Å². The van der Waals surface area contributed by atoms with Gasteiger partial charge in [0.1, 0.15) is 17.3 Å². The number of halogens is 1. The van der Waals surface area contributed by atoms with Gasteiger partial charge in [-0.25, -0.2) is 4.39 Å². The van der Waals surface area contributed by atoms with Crippen molar-refractivity contribution in [2.45, 2.75) is 6.04 Å². The van der Waals surface area contributed by atoms with Gasteiger partial charge < -0.3 is 9.84 Å². The molecule has 3 aromatic rings. The smallest absolute Gasteiger partial charge is 0.300 e. The summed E-state index contributed by atoms with van der Waals surface area (Å²) < 4.78 is 19.0. The summed E-state index contributed by atoms with van der Waals surface area (Å²) in [6, 6.07) is 14.2. The molecule has 1 fully saturated rings. The molecule has 0 saturated carbocycles. The van der Waals surface area contributed by atoms with Gasteiger partial charge in [-0.3, -0.25) is 19.5 Å². The van der Waals surface area contributed by atoms with Gasteiger partial charge in [-0.1, -0.05) is 12.1 Å². The van der Waals surface area contributed by atoms with E-state index in [1.54, 1.807) is 42.6 Å². The molecule has 1 aliphatic rings. The minimum Gasteiger partial charge on any atom is -0.507 e. The van der Waals surface area contributed by atoms with E-state index in [9.17, 15) is 19.1 Å². The lowest BCUT2D eigenvalue weighted by atomic mass is 9.96. The van der Waals surface area contributed by atoms with Gasteiger partial charge in [0.2, 0.25) is 0 Å². The van der Waals surface area contributed by atoms with Crippen molar-refractivity contribution in [2.24, 2.45) is 0 Å². The van der Waals surface area contributed by atoms with E-state index in [1.165, 1.54) is 42.5 Å². The predicted octanol–water partition coefficient (Wildman–Crippen LogP) is 3.86. The Hall–Kier alpha value is -4.00. The van der Waals surface area contributed by atoms with Crippen molar-refractivity contribution in [1.29, 1.82) is 0 Å². The van der Waals surface area contributed by atoms with Gasteiger partial charge >= 0.3 is 0 Å². The van der Waals surface area contributed by atoms with Crippen LogP contribution in [0.25, 0.3) is 5.76 Å². The van der Waals surface area contributed by atoms with E-state index in [1.807, 2.05) is 0 Å². The first-order valence-corrected chi connectivity index (χ1v) is 9.12. The van der Waals surface area contributed by atoms with Crippen molar-refractivity contribution in [3.63, 3.8) is 0 Å². The Balaban J connectivity index is 1.92. The number of pyridine rings is 1. The Labute approximate surface area is 171 Å². The molecule has 7 heteroatoms. The SMILES string of the molecule is COc1ccc(/C(O)=C2\C(=O)C(=O)N(c3cccc(F)c3)C2c2cccnc2)cc1. The molecule has 1 saturated heterocycles. The fourth-order valence-corrected chi connectivity index (χ4v) is 3.48. The summed E-state index contributed by atoms with van der Waals surface area (Å²) in [5.41, 5.74) is 0.972. The van der Waals surface area contributed by atoms with Gasteiger partial charge in [0.25, 0.3) is 11.7 Å². The zero-order chi connectivity index (χ0) is 21.3. The van der Waals surface area contributed by atoms with Gasteiger partial charge in [0.15, 0.2) is 0 Å². The third kappa shape index (κ3) is 3.30. The number of anilines is 1. The zero-order valence-corrected chi connectivity index (χ0v) is 15.9. The van der Waals surface area contributed by atoms with Gasteiger partial charge in [-0.15, -0.1) is 0 Å². The van der Waals surface area contributed by atoms with Crippen LogP contribution in [0.3, 0.4) is 0 Å². The molecule has 0 bridgehead atoms. The molecule has 4 rings (SSSR count). The molecule has 0 aliphatic carbocycles. The average molecular weight is 404 g/mol. The van der Waals surface area contributed by atoms with E-state index >= 15 is 0 Å². The number of aliphatic hydroxyl groups excluding tert-OH is 1. The number of benzene rings is 2. The highest BCUT2D eigenvalue weighted by Crippen LogP contribution is 2.42. The number of amides is 1. The van der Waals surface area contributed by atoms with E-state index in [-0.39, 0.29) is 17.0 Å². The summed E-state index contributed by atoms with van der Waals surface area (Å²) in [5.74, 6) is -2.01. The van der Waals surface area contributed by atoms with E-state index in [0.717, 1.165) is 0 Å². The molecule has 1 atom stereocenters. The molecule has 2 heterocycles. The summed E-state index contributed by atoms with van der Waals surface area (Å²) in [6.45, 7) is 0. The summed E-state index contributed by atoms with van der Waals surface area (Å²) in [7, 11) is 1.52. The largest absolute Gasteiger partial charge is 0.507 e. The van der Waals surface area contributed by atoms with Crippen LogP contribution >= 0.6 is 0 Å². The molecule has 2 aromatic carbocycles. The second kappa shape index (κ2) is 7.79. The fraction of sp³-hybridized carbons (Fsp3) is 0.0870. The Morgan fingerprint density at radius 2 is 1.87 bits per heavy atom. The Bertz CT molecular complexity index is 1140. The highest BCUT2D eigenvalue weighted by Gasteiger charge is 2.47. The number of ether oxygens (including phenoxy) is 1. The number of rotatable bonds is 4. The molecule has 30 heavy (non-hydrogen) atoms. The summed E-state index contributed by atoms with van der Waals surface area (Å²) in [6.07, 6.45) is 3.06. The van der Waals surface area contributed by atoms with Crippen molar-refractivity contribution in [2.75, 3.05) is 12.0 Å². The number of methoxy groups -OCH3 is 1. The monoisotopic (exact) mass is 404 g/mol. The number of hydrogen-bond donors (Lipinski definition) is 1. The van der Waals surface area contributed by atoms with Crippen LogP contribution in [0, 0.1) is 5.82 Å². The van der Waals surface area contributed by atoms with Crippen molar-refractivity contribution >= 4 is 23.1 Å². The first-order valence-electron chi connectivity index (χ1n) is 9.12. The molecule has 1 amide bonds. The van der Waals surface area contributed by atoms with Gasteiger partial charge in [-0.2, -0.15) is 0 Å². The molecule has 6 nitrogen and oxygen atoms in total. The average Bonchev–Trinajstić information content (AvgIpc) is 3.04. The lowest BCUT2D eigenvalue weighted by Crippen LogP contribution is -2.29. The second-order valence-electron chi connectivity index (χ2n) is 6.66. The molecule has 150 valence electrons. The van der Waals surface area contributed by atoms with Crippen LogP contribution in [0.4, 0.5) is 10.1 Å². The normalized spacial score (nSPS) is 17.9. The number of nitrogens with zero attached hydrogens (tertiary/aromatic N) is 2. The molecule has 1 aliphatic heterocycles. The van der Waals surface area contributed by atoms with Crippen LogP contribution in [0.15, 0.2) is 78.6 Å². The van der Waals surface area contributed by atoms with Crippen molar-refractivity contribution in [1.82, 2.24) is 4.98 Å². The van der Waals surface area contributed by atoms with Gasteiger partial charge in [0, 0.05) is 23.6 Å². The third-order valence-electron chi connectivity index (χ3n) is 4.89. The number of hydrogen-bond acceptors (Lipinski definition) is 5. The molecular weight excluding hydrogens is 387 g/mol. The standard InChI is InChI=1S/C23H17FN2O4/c1-30-18-9-7-14(8-10-18)21(27)19-20(15-4-3-11-25-13-15)26(23(29)22(19)28)17-6-2-5-16(24)12-17/h2-13,20,27H,1H3/b21-19+. The van der Waals surface area contributed by atoms with Crippen LogP contribution in [-0.4, -0.2) is 28.9 Å². The van der Waals surface area contributed by atoms with Gasteiger partial charge in [-0.05, 0) is 54.1 Å². The lowest BCUT2D eigenvalue weighted by Gasteiger charge is -2.25. The third-order valence-corrected chi connectivity index (χ3v) is 4.89. The summed E-state index contributed by atoms with van der Waals surface area (Å²) in [4.78, 5) is 31.1. The van der Waals surface area contributed by atoms with Crippen molar-refractivity contribution < 1.29 is 23.8 Å². The van der Waals surface area contributed by atoms with Crippen LogP contribution in [0.2, 0.25) is 0 Å². The number of carbonyl (C=O) groups excluding carboxylic acids is 2. The van der Waals surface area contributed by atoms with E-state index in [2.05, 4.69) is 4.98 Å². The Morgan fingerprint density at radius 3 is 2.50 bits per heavy atom. The maximum Gasteiger partial charge on any atom is 0.300 e.